The average Bonchev–Trinajstić information content (AvgIpc) is 3.14. The van der Waals surface area contributed by atoms with Crippen LogP contribution < -0.4 is 10.6 Å². The predicted molar refractivity (Wildman–Crippen MR) is 106 cm³/mol. The Morgan fingerprint density at radius 1 is 1.22 bits per heavy atom. The number of fused-ring (bicyclic) bond motifs is 1. The number of nitrogens with zero attached hydrogens (tertiary/aromatic N) is 6. The van der Waals surface area contributed by atoms with E-state index >= 15 is 0 Å². The molecule has 0 amide bonds. The first-order valence-corrected chi connectivity index (χ1v) is 9.90. The van der Waals surface area contributed by atoms with Gasteiger partial charge in [-0.15, -0.1) is 0 Å². The van der Waals surface area contributed by atoms with Gasteiger partial charge in [-0.25, -0.2) is 0 Å². The van der Waals surface area contributed by atoms with Crippen molar-refractivity contribution in [3.63, 3.8) is 0 Å². The number of nitrogens with one attached hydrogen (secondary N) is 1. The Kier molecular flexibility index (Phi) is 5.42. The zero-order valence-corrected chi connectivity index (χ0v) is 16.0. The number of aliphatic hydroxyl groups excluding tert-OH is 1. The minimum absolute atomic E-state index is 0.248. The Balaban J connectivity index is 1.54. The number of piperidine rings is 1. The molecule has 0 aromatic carbocycles. The molecule has 148 valence electrons. The van der Waals surface area contributed by atoms with E-state index in [1.54, 1.807) is 6.20 Å². The van der Waals surface area contributed by atoms with Gasteiger partial charge in [0.1, 0.15) is 5.82 Å². The number of aliphatic hydroxyl groups is 1. The number of nitrogens with two attached hydrogens (primary N) is 1. The van der Waals surface area contributed by atoms with Crippen LogP contribution in [-0.4, -0.2) is 94.0 Å². The van der Waals surface area contributed by atoms with Crippen LogP contribution in [0.15, 0.2) is 6.20 Å². The second-order valence-corrected chi connectivity index (χ2v) is 7.80. The van der Waals surface area contributed by atoms with Gasteiger partial charge in [0.2, 0.25) is 5.95 Å². The molecule has 0 unspecified atom stereocenters. The van der Waals surface area contributed by atoms with Gasteiger partial charge in [-0.2, -0.15) is 15.1 Å². The fraction of sp³-hybridized carbons (Fsp3) is 0.722. The largest absolute Gasteiger partial charge is 0.396 e. The van der Waals surface area contributed by atoms with Gasteiger partial charge < -0.3 is 20.6 Å². The SMILES string of the molecule is CN1CCN([C@@H]2CCN(c3nc(N)nc4[nH]ncc34)C[C@@H]2CCCO)CC1. The Hall–Kier alpha value is -1.97. The van der Waals surface area contributed by atoms with Crippen LogP contribution in [0, 0.1) is 5.92 Å². The maximum atomic E-state index is 9.38. The average molecular weight is 374 g/mol. The van der Waals surface area contributed by atoms with E-state index in [0.717, 1.165) is 69.7 Å². The molecule has 2 atom stereocenters. The van der Waals surface area contributed by atoms with Crippen LogP contribution in [0.3, 0.4) is 0 Å². The fourth-order valence-corrected chi connectivity index (χ4v) is 4.56. The predicted octanol–water partition coefficient (Wildman–Crippen LogP) is 0.150. The molecule has 2 aliphatic rings. The van der Waals surface area contributed by atoms with Crippen molar-refractivity contribution >= 4 is 22.8 Å². The molecule has 2 fully saturated rings. The summed E-state index contributed by atoms with van der Waals surface area (Å²) < 4.78 is 0. The number of rotatable bonds is 5. The van der Waals surface area contributed by atoms with Crippen molar-refractivity contribution in [1.29, 1.82) is 0 Å². The van der Waals surface area contributed by atoms with Gasteiger partial charge in [0.05, 0.1) is 11.6 Å². The van der Waals surface area contributed by atoms with Crippen LogP contribution in [0.2, 0.25) is 0 Å². The third kappa shape index (κ3) is 3.85. The highest BCUT2D eigenvalue weighted by atomic mass is 16.2. The van der Waals surface area contributed by atoms with Crippen LogP contribution in [-0.2, 0) is 0 Å². The van der Waals surface area contributed by atoms with E-state index in [9.17, 15) is 5.11 Å². The summed E-state index contributed by atoms with van der Waals surface area (Å²) in [6.45, 7) is 6.64. The van der Waals surface area contributed by atoms with E-state index in [-0.39, 0.29) is 12.6 Å². The van der Waals surface area contributed by atoms with Crippen LogP contribution in [0.25, 0.3) is 11.0 Å². The van der Waals surface area contributed by atoms with Gasteiger partial charge in [-0.3, -0.25) is 10.00 Å². The summed E-state index contributed by atoms with van der Waals surface area (Å²) >= 11 is 0. The van der Waals surface area contributed by atoms with E-state index in [1.165, 1.54) is 0 Å². The van der Waals surface area contributed by atoms with Crippen molar-refractivity contribution < 1.29 is 5.11 Å². The van der Waals surface area contributed by atoms with Crippen molar-refractivity contribution in [1.82, 2.24) is 30.0 Å². The number of aromatic amines is 1. The number of aromatic nitrogens is 4. The van der Waals surface area contributed by atoms with E-state index in [0.29, 0.717) is 17.6 Å². The third-order valence-electron chi connectivity index (χ3n) is 6.04. The van der Waals surface area contributed by atoms with Gasteiger partial charge in [0.25, 0.3) is 0 Å². The molecule has 2 aliphatic heterocycles. The molecule has 0 bridgehead atoms. The number of hydrogen-bond acceptors (Lipinski definition) is 8. The quantitative estimate of drug-likeness (QED) is 0.678. The van der Waals surface area contributed by atoms with Gasteiger partial charge in [-0.1, -0.05) is 0 Å². The number of likely N-dealkylation sites (N-methyl/N-ethyl adjacent to an activating group) is 1. The second-order valence-electron chi connectivity index (χ2n) is 7.80. The maximum absolute atomic E-state index is 9.38. The fourth-order valence-electron chi connectivity index (χ4n) is 4.56. The van der Waals surface area contributed by atoms with Crippen molar-refractivity contribution in [2.45, 2.75) is 25.3 Å². The number of H-pyrrole nitrogens is 1. The number of nitrogen functional groups attached to an aromatic ring is 1. The van der Waals surface area contributed by atoms with Crippen LogP contribution in [0.4, 0.5) is 11.8 Å². The summed E-state index contributed by atoms with van der Waals surface area (Å²) in [4.78, 5) is 16.1. The molecule has 4 rings (SSSR count). The minimum atomic E-state index is 0.248. The highest BCUT2D eigenvalue weighted by molar-refractivity contribution is 5.87. The number of hydrogen-bond donors (Lipinski definition) is 3. The summed E-state index contributed by atoms with van der Waals surface area (Å²) in [6, 6.07) is 0.570. The molecule has 9 heteroatoms. The molecule has 0 saturated carbocycles. The van der Waals surface area contributed by atoms with Gasteiger partial charge in [0, 0.05) is 51.9 Å². The lowest BCUT2D eigenvalue weighted by Crippen LogP contribution is -2.56. The zero-order chi connectivity index (χ0) is 18.8. The number of piperazine rings is 1. The van der Waals surface area contributed by atoms with Gasteiger partial charge in [-0.05, 0) is 32.2 Å². The lowest BCUT2D eigenvalue weighted by atomic mass is 9.86. The van der Waals surface area contributed by atoms with Gasteiger partial charge in [0.15, 0.2) is 5.65 Å². The topological polar surface area (TPSA) is 110 Å². The zero-order valence-electron chi connectivity index (χ0n) is 16.0. The molecule has 0 radical (unpaired) electrons. The first-order valence-electron chi connectivity index (χ1n) is 9.90. The Morgan fingerprint density at radius 2 is 2.04 bits per heavy atom. The first kappa shape index (κ1) is 18.4. The van der Waals surface area contributed by atoms with Crippen LogP contribution >= 0.6 is 0 Å². The van der Waals surface area contributed by atoms with Crippen molar-refractivity contribution in [2.24, 2.45) is 5.92 Å². The lowest BCUT2D eigenvalue weighted by molar-refractivity contribution is 0.0637. The summed E-state index contributed by atoms with van der Waals surface area (Å²) in [5.74, 6) is 1.65. The first-order chi connectivity index (χ1) is 13.2. The molecule has 0 aliphatic carbocycles. The normalized spacial score (nSPS) is 25.3. The Morgan fingerprint density at radius 3 is 2.81 bits per heavy atom. The summed E-state index contributed by atoms with van der Waals surface area (Å²) in [5.41, 5.74) is 6.61. The molecular weight excluding hydrogens is 344 g/mol. The monoisotopic (exact) mass is 374 g/mol. The molecule has 2 aromatic rings. The number of anilines is 2. The molecule has 2 aromatic heterocycles. The Labute approximate surface area is 159 Å². The highest BCUT2D eigenvalue weighted by Gasteiger charge is 2.35. The molecule has 0 spiro atoms. The third-order valence-corrected chi connectivity index (χ3v) is 6.04. The van der Waals surface area contributed by atoms with E-state index in [1.807, 2.05) is 0 Å². The standard InChI is InChI=1S/C18H30N8O/c1-24-6-8-25(9-7-24)15-4-5-26(12-13(15)3-2-10-27)17-14-11-20-23-16(14)21-18(19)22-17/h11,13,15,27H,2-10,12H2,1H3,(H3,19,20,21,22,23)/t13-,15+/m0/s1. The molecule has 9 nitrogen and oxygen atoms in total. The molecule has 2 saturated heterocycles. The van der Waals surface area contributed by atoms with Crippen LogP contribution in [0.5, 0.6) is 0 Å². The molecule has 4 N–H and O–H groups in total. The summed E-state index contributed by atoms with van der Waals surface area (Å²) in [6.07, 6.45) is 4.75. The molecule has 4 heterocycles. The van der Waals surface area contributed by atoms with Crippen molar-refractivity contribution in [3.05, 3.63) is 6.20 Å². The minimum Gasteiger partial charge on any atom is -0.396 e. The second kappa shape index (κ2) is 7.95. The maximum Gasteiger partial charge on any atom is 0.224 e. The van der Waals surface area contributed by atoms with E-state index in [2.05, 4.69) is 41.9 Å². The van der Waals surface area contributed by atoms with Crippen molar-refractivity contribution in [3.8, 4) is 0 Å². The van der Waals surface area contributed by atoms with Crippen molar-refractivity contribution in [2.75, 3.05) is 63.6 Å². The molecule has 27 heavy (non-hydrogen) atoms. The summed E-state index contributed by atoms with van der Waals surface area (Å²) in [7, 11) is 2.19. The van der Waals surface area contributed by atoms with Crippen LogP contribution in [0.1, 0.15) is 19.3 Å². The smallest absolute Gasteiger partial charge is 0.224 e. The summed E-state index contributed by atoms with van der Waals surface area (Å²) in [5, 5.41) is 17.3. The highest BCUT2D eigenvalue weighted by Crippen LogP contribution is 2.32. The van der Waals surface area contributed by atoms with Gasteiger partial charge >= 0.3 is 0 Å². The van der Waals surface area contributed by atoms with E-state index < -0.39 is 0 Å². The lowest BCUT2D eigenvalue weighted by Gasteiger charge is -2.46. The Bertz CT molecular complexity index is 757. The van der Waals surface area contributed by atoms with E-state index in [4.69, 9.17) is 5.73 Å². The molecular formula is C18H30N8O.